The standard InChI is InChI=1S/C6H11NO3/c7-6(9)10-5(8)4-2-1-3-4/h4,6,9H,1-3,7H2. The number of esters is 1. The first-order valence-electron chi connectivity index (χ1n) is 3.34. The van der Waals surface area contributed by atoms with Crippen LogP contribution in [0.3, 0.4) is 0 Å². The molecule has 0 bridgehead atoms. The maximum absolute atomic E-state index is 10.8. The van der Waals surface area contributed by atoms with Gasteiger partial charge in [-0.3, -0.25) is 10.5 Å². The van der Waals surface area contributed by atoms with Crippen LogP contribution in [0.2, 0.25) is 0 Å². The van der Waals surface area contributed by atoms with Crippen LogP contribution in [0.1, 0.15) is 19.3 Å². The molecule has 0 radical (unpaired) electrons. The zero-order chi connectivity index (χ0) is 7.56. The van der Waals surface area contributed by atoms with E-state index in [1.165, 1.54) is 0 Å². The zero-order valence-corrected chi connectivity index (χ0v) is 5.62. The monoisotopic (exact) mass is 145 g/mol. The van der Waals surface area contributed by atoms with Gasteiger partial charge in [-0.25, -0.2) is 0 Å². The second-order valence-electron chi connectivity index (χ2n) is 2.46. The van der Waals surface area contributed by atoms with Crippen molar-refractivity contribution in [2.45, 2.75) is 25.7 Å². The van der Waals surface area contributed by atoms with Gasteiger partial charge in [0.1, 0.15) is 0 Å². The smallest absolute Gasteiger partial charge is 0.312 e. The molecule has 58 valence electrons. The fourth-order valence-electron chi connectivity index (χ4n) is 0.859. The first kappa shape index (κ1) is 7.50. The highest BCUT2D eigenvalue weighted by Crippen LogP contribution is 2.27. The summed E-state index contributed by atoms with van der Waals surface area (Å²) in [7, 11) is 0. The molecule has 0 saturated heterocycles. The SMILES string of the molecule is NC(O)OC(=O)C1CCC1. The third-order valence-corrected chi connectivity index (χ3v) is 1.68. The Morgan fingerprint density at radius 1 is 1.70 bits per heavy atom. The maximum atomic E-state index is 10.8. The number of carbonyl (C=O) groups is 1. The summed E-state index contributed by atoms with van der Waals surface area (Å²) in [6.07, 6.45) is 1.35. The first-order chi connectivity index (χ1) is 4.70. The molecule has 0 aromatic heterocycles. The Morgan fingerprint density at radius 3 is 2.60 bits per heavy atom. The van der Waals surface area contributed by atoms with Crippen molar-refractivity contribution in [3.05, 3.63) is 0 Å². The number of hydrogen-bond donors (Lipinski definition) is 2. The van der Waals surface area contributed by atoms with Crippen molar-refractivity contribution in [3.8, 4) is 0 Å². The lowest BCUT2D eigenvalue weighted by Gasteiger charge is -2.23. The average Bonchev–Trinajstić information content (AvgIpc) is 1.55. The van der Waals surface area contributed by atoms with Crippen LogP contribution in [0.4, 0.5) is 0 Å². The quantitative estimate of drug-likeness (QED) is 0.408. The normalized spacial score (nSPS) is 21.4. The van der Waals surface area contributed by atoms with Gasteiger partial charge in [0.15, 0.2) is 0 Å². The number of nitrogens with two attached hydrogens (primary N) is 1. The van der Waals surface area contributed by atoms with E-state index in [0.717, 1.165) is 19.3 Å². The molecule has 1 atom stereocenters. The van der Waals surface area contributed by atoms with Gasteiger partial charge >= 0.3 is 5.97 Å². The molecule has 0 amide bonds. The van der Waals surface area contributed by atoms with Crippen LogP contribution < -0.4 is 5.73 Å². The molecule has 1 unspecified atom stereocenters. The molecular weight excluding hydrogens is 134 g/mol. The minimum absolute atomic E-state index is 0.0156. The summed E-state index contributed by atoms with van der Waals surface area (Å²) in [6, 6.07) is 0. The van der Waals surface area contributed by atoms with E-state index in [4.69, 9.17) is 10.8 Å². The molecule has 3 N–H and O–H groups in total. The Labute approximate surface area is 59.0 Å². The Morgan fingerprint density at radius 2 is 2.30 bits per heavy atom. The molecule has 10 heavy (non-hydrogen) atoms. The van der Waals surface area contributed by atoms with E-state index >= 15 is 0 Å². The van der Waals surface area contributed by atoms with E-state index in [1.54, 1.807) is 0 Å². The van der Waals surface area contributed by atoms with Crippen molar-refractivity contribution in [2.24, 2.45) is 11.7 Å². The van der Waals surface area contributed by atoms with Gasteiger partial charge in [0.25, 0.3) is 6.41 Å². The molecule has 1 rings (SSSR count). The number of aliphatic hydroxyl groups is 1. The molecule has 1 aliphatic rings. The molecule has 1 aliphatic carbocycles. The maximum Gasteiger partial charge on any atom is 0.312 e. The Bertz CT molecular complexity index is 131. The Balaban J connectivity index is 2.20. The average molecular weight is 145 g/mol. The van der Waals surface area contributed by atoms with Crippen molar-refractivity contribution in [1.29, 1.82) is 0 Å². The summed E-state index contributed by atoms with van der Waals surface area (Å²) in [4.78, 5) is 10.8. The van der Waals surface area contributed by atoms with Crippen LogP contribution in [0.5, 0.6) is 0 Å². The molecule has 0 aromatic carbocycles. The van der Waals surface area contributed by atoms with E-state index in [9.17, 15) is 4.79 Å². The van der Waals surface area contributed by atoms with Crippen LogP contribution in [0, 0.1) is 5.92 Å². The molecule has 0 aromatic rings. The lowest BCUT2D eigenvalue weighted by molar-refractivity contribution is -0.174. The fraction of sp³-hybridized carbons (Fsp3) is 0.833. The van der Waals surface area contributed by atoms with Gasteiger partial charge in [-0.05, 0) is 12.8 Å². The van der Waals surface area contributed by atoms with Crippen molar-refractivity contribution in [2.75, 3.05) is 0 Å². The van der Waals surface area contributed by atoms with E-state index in [2.05, 4.69) is 4.74 Å². The van der Waals surface area contributed by atoms with Gasteiger partial charge in [-0.15, -0.1) is 0 Å². The summed E-state index contributed by atoms with van der Waals surface area (Å²) in [5.74, 6) is -0.389. The molecule has 1 fully saturated rings. The third-order valence-electron chi connectivity index (χ3n) is 1.68. The van der Waals surface area contributed by atoms with E-state index in [1.807, 2.05) is 0 Å². The van der Waals surface area contributed by atoms with E-state index in [0.29, 0.717) is 0 Å². The summed E-state index contributed by atoms with van der Waals surface area (Å²) < 4.78 is 4.35. The molecule has 4 heteroatoms. The molecule has 0 spiro atoms. The molecule has 0 aliphatic heterocycles. The molecule has 4 nitrogen and oxygen atoms in total. The molecule has 0 heterocycles. The minimum atomic E-state index is -1.45. The third kappa shape index (κ3) is 1.68. The van der Waals surface area contributed by atoms with Gasteiger partial charge in [0.05, 0.1) is 5.92 Å². The molecular formula is C6H11NO3. The van der Waals surface area contributed by atoms with E-state index < -0.39 is 6.41 Å². The highest BCUT2D eigenvalue weighted by molar-refractivity contribution is 5.73. The van der Waals surface area contributed by atoms with Gasteiger partial charge < -0.3 is 9.84 Å². The number of hydrogen-bond acceptors (Lipinski definition) is 4. The van der Waals surface area contributed by atoms with Crippen molar-refractivity contribution < 1.29 is 14.6 Å². The topological polar surface area (TPSA) is 72.6 Å². The fourth-order valence-corrected chi connectivity index (χ4v) is 0.859. The van der Waals surface area contributed by atoms with Crippen LogP contribution in [-0.4, -0.2) is 17.5 Å². The summed E-state index contributed by atoms with van der Waals surface area (Å²) in [5.41, 5.74) is 4.82. The van der Waals surface area contributed by atoms with Crippen molar-refractivity contribution >= 4 is 5.97 Å². The lowest BCUT2D eigenvalue weighted by Crippen LogP contribution is -2.32. The second-order valence-corrected chi connectivity index (χ2v) is 2.46. The number of aliphatic hydroxyl groups excluding tert-OH is 1. The van der Waals surface area contributed by atoms with Crippen LogP contribution in [0.15, 0.2) is 0 Å². The van der Waals surface area contributed by atoms with Crippen LogP contribution in [0.25, 0.3) is 0 Å². The largest absolute Gasteiger partial charge is 0.422 e. The van der Waals surface area contributed by atoms with Gasteiger partial charge in [0.2, 0.25) is 0 Å². The highest BCUT2D eigenvalue weighted by Gasteiger charge is 2.27. The summed E-state index contributed by atoms with van der Waals surface area (Å²) in [5, 5.41) is 8.43. The number of rotatable bonds is 2. The number of ether oxygens (including phenoxy) is 1. The lowest BCUT2D eigenvalue weighted by atomic mass is 9.86. The second kappa shape index (κ2) is 2.98. The predicted molar refractivity (Wildman–Crippen MR) is 33.6 cm³/mol. The Hall–Kier alpha value is -0.610. The summed E-state index contributed by atoms with van der Waals surface area (Å²) >= 11 is 0. The zero-order valence-electron chi connectivity index (χ0n) is 5.62. The molecule has 1 saturated carbocycles. The van der Waals surface area contributed by atoms with Gasteiger partial charge in [-0.2, -0.15) is 0 Å². The predicted octanol–water partition coefficient (Wildman–Crippen LogP) is -0.436. The van der Waals surface area contributed by atoms with Crippen LogP contribution >= 0.6 is 0 Å². The van der Waals surface area contributed by atoms with Crippen molar-refractivity contribution in [3.63, 3.8) is 0 Å². The van der Waals surface area contributed by atoms with Gasteiger partial charge in [0, 0.05) is 0 Å². The highest BCUT2D eigenvalue weighted by atomic mass is 16.6. The number of carbonyl (C=O) groups excluding carboxylic acids is 1. The Kier molecular flexibility index (Phi) is 2.24. The van der Waals surface area contributed by atoms with E-state index in [-0.39, 0.29) is 11.9 Å². The minimum Gasteiger partial charge on any atom is -0.422 e. The summed E-state index contributed by atoms with van der Waals surface area (Å²) in [6.45, 7) is 0. The van der Waals surface area contributed by atoms with Crippen LogP contribution in [-0.2, 0) is 9.53 Å². The van der Waals surface area contributed by atoms with Gasteiger partial charge in [-0.1, -0.05) is 6.42 Å². The van der Waals surface area contributed by atoms with Crippen molar-refractivity contribution in [1.82, 2.24) is 0 Å². The first-order valence-corrected chi connectivity index (χ1v) is 3.34.